The van der Waals surface area contributed by atoms with E-state index in [4.69, 9.17) is 4.74 Å². The molecule has 1 aromatic carbocycles. The second-order valence-corrected chi connectivity index (χ2v) is 8.19. The molecule has 2 heterocycles. The Kier molecular flexibility index (Phi) is 10.7. The number of halogens is 2. The minimum atomic E-state index is -3.57. The number of carbonyl (C=O) groups is 1. The number of benzene rings is 1. The Labute approximate surface area is 178 Å². The number of amides is 1. The summed E-state index contributed by atoms with van der Waals surface area (Å²) in [6, 6.07) is 6.12. The molecule has 0 spiro atoms. The summed E-state index contributed by atoms with van der Waals surface area (Å²) in [4.78, 5) is 16.5. The van der Waals surface area contributed by atoms with Crippen LogP contribution < -0.4 is 10.0 Å². The van der Waals surface area contributed by atoms with Gasteiger partial charge in [-0.25, -0.2) is 13.1 Å². The van der Waals surface area contributed by atoms with Crippen LogP contribution in [0.15, 0.2) is 29.2 Å². The van der Waals surface area contributed by atoms with Crippen LogP contribution in [-0.4, -0.2) is 89.7 Å². The highest BCUT2D eigenvalue weighted by molar-refractivity contribution is 7.89. The molecule has 0 radical (unpaired) electrons. The Morgan fingerprint density at radius 1 is 1.04 bits per heavy atom. The first-order valence-electron chi connectivity index (χ1n) is 8.96. The Balaban J connectivity index is 0.00000196. The molecule has 0 aromatic heterocycles. The first-order valence-corrected chi connectivity index (χ1v) is 10.4. The molecular weight excluding hydrogens is 427 g/mol. The molecule has 1 amide bonds. The molecular formula is C17H28Cl2N4O4S. The van der Waals surface area contributed by atoms with Crippen LogP contribution in [0.5, 0.6) is 0 Å². The molecule has 0 aliphatic carbocycles. The van der Waals surface area contributed by atoms with Gasteiger partial charge in [-0.05, 0) is 24.3 Å². The molecule has 2 N–H and O–H groups in total. The number of carbonyl (C=O) groups excluding carboxylic acids is 1. The molecule has 2 aliphatic heterocycles. The summed E-state index contributed by atoms with van der Waals surface area (Å²) in [6.07, 6.45) is 0. The van der Waals surface area contributed by atoms with Crippen molar-refractivity contribution in [3.05, 3.63) is 29.8 Å². The van der Waals surface area contributed by atoms with E-state index >= 15 is 0 Å². The van der Waals surface area contributed by atoms with Crippen molar-refractivity contribution in [1.82, 2.24) is 19.8 Å². The number of rotatable bonds is 6. The van der Waals surface area contributed by atoms with Crippen LogP contribution in [0.4, 0.5) is 0 Å². The third-order valence-corrected chi connectivity index (χ3v) is 6.12. The molecule has 1 aromatic rings. The molecule has 0 atom stereocenters. The Hall–Kier alpha value is -0.940. The van der Waals surface area contributed by atoms with E-state index in [-0.39, 0.29) is 35.6 Å². The quantitative estimate of drug-likeness (QED) is 0.637. The van der Waals surface area contributed by atoms with E-state index in [0.717, 1.165) is 26.2 Å². The first kappa shape index (κ1) is 25.1. The van der Waals surface area contributed by atoms with Crippen molar-refractivity contribution in [1.29, 1.82) is 0 Å². The lowest BCUT2D eigenvalue weighted by atomic mass is 10.2. The standard InChI is InChI=1S/C17H26N4O4S.2ClH/c22-17(21-11-13-25-14-12-21)15-1-3-16(4-2-15)26(23,24)19-7-10-20-8-5-18-6-9-20;;/h1-4,18-19H,5-14H2;2*1H. The van der Waals surface area contributed by atoms with E-state index < -0.39 is 10.0 Å². The Morgan fingerprint density at radius 3 is 2.25 bits per heavy atom. The van der Waals surface area contributed by atoms with Crippen LogP contribution in [-0.2, 0) is 14.8 Å². The molecule has 2 fully saturated rings. The summed E-state index contributed by atoms with van der Waals surface area (Å²) in [7, 11) is -3.57. The zero-order chi connectivity index (χ0) is 18.4. The van der Waals surface area contributed by atoms with E-state index in [9.17, 15) is 13.2 Å². The number of nitrogens with one attached hydrogen (secondary N) is 2. The fourth-order valence-corrected chi connectivity index (χ4v) is 4.10. The lowest BCUT2D eigenvalue weighted by Crippen LogP contribution is -2.46. The van der Waals surface area contributed by atoms with Crippen molar-refractivity contribution in [2.24, 2.45) is 0 Å². The maximum Gasteiger partial charge on any atom is 0.254 e. The Morgan fingerprint density at radius 2 is 1.64 bits per heavy atom. The molecule has 0 unspecified atom stereocenters. The average Bonchev–Trinajstić information content (AvgIpc) is 2.69. The number of hydrogen-bond donors (Lipinski definition) is 2. The van der Waals surface area contributed by atoms with Gasteiger partial charge in [0.25, 0.3) is 5.91 Å². The predicted octanol–water partition coefficient (Wildman–Crippen LogP) is 0.186. The van der Waals surface area contributed by atoms with E-state index in [1.165, 1.54) is 12.1 Å². The molecule has 0 bridgehead atoms. The second-order valence-electron chi connectivity index (χ2n) is 6.42. The summed E-state index contributed by atoms with van der Waals surface area (Å²) in [5, 5.41) is 3.27. The van der Waals surface area contributed by atoms with Crippen LogP contribution in [0.1, 0.15) is 10.4 Å². The smallest absolute Gasteiger partial charge is 0.254 e. The summed E-state index contributed by atoms with van der Waals surface area (Å²) in [5.41, 5.74) is 0.492. The van der Waals surface area contributed by atoms with E-state index in [2.05, 4.69) is 14.9 Å². The van der Waals surface area contributed by atoms with Crippen molar-refractivity contribution >= 4 is 40.7 Å². The summed E-state index contributed by atoms with van der Waals surface area (Å²) in [6.45, 7) is 6.99. The van der Waals surface area contributed by atoms with Crippen LogP contribution >= 0.6 is 24.8 Å². The van der Waals surface area contributed by atoms with Crippen LogP contribution in [0.3, 0.4) is 0 Å². The van der Waals surface area contributed by atoms with Gasteiger partial charge in [-0.1, -0.05) is 0 Å². The number of hydrogen-bond acceptors (Lipinski definition) is 6. The Bertz CT molecular complexity index is 706. The van der Waals surface area contributed by atoms with E-state index in [1.807, 2.05) is 0 Å². The normalized spacial score (nSPS) is 18.1. The number of sulfonamides is 1. The van der Waals surface area contributed by atoms with Crippen molar-refractivity contribution < 1.29 is 17.9 Å². The van der Waals surface area contributed by atoms with Gasteiger partial charge in [0.05, 0.1) is 18.1 Å². The fraction of sp³-hybridized carbons (Fsp3) is 0.588. The molecule has 2 aliphatic rings. The third-order valence-electron chi connectivity index (χ3n) is 4.64. The van der Waals surface area contributed by atoms with Crippen molar-refractivity contribution in [2.45, 2.75) is 4.90 Å². The van der Waals surface area contributed by atoms with Gasteiger partial charge in [-0.3, -0.25) is 9.69 Å². The topological polar surface area (TPSA) is 91.0 Å². The van der Waals surface area contributed by atoms with Gasteiger partial charge in [0.15, 0.2) is 0 Å². The molecule has 3 rings (SSSR count). The lowest BCUT2D eigenvalue weighted by molar-refractivity contribution is 0.0303. The zero-order valence-electron chi connectivity index (χ0n) is 15.6. The highest BCUT2D eigenvalue weighted by atomic mass is 35.5. The van der Waals surface area contributed by atoms with Gasteiger partial charge in [0.1, 0.15) is 0 Å². The minimum absolute atomic E-state index is 0. The summed E-state index contributed by atoms with van der Waals surface area (Å²) in [5.74, 6) is -0.0936. The van der Waals surface area contributed by atoms with E-state index in [0.29, 0.717) is 45.0 Å². The van der Waals surface area contributed by atoms with Gasteiger partial charge >= 0.3 is 0 Å². The highest BCUT2D eigenvalue weighted by Gasteiger charge is 2.20. The first-order chi connectivity index (χ1) is 12.6. The molecule has 2 saturated heterocycles. The van der Waals surface area contributed by atoms with Gasteiger partial charge < -0.3 is 15.0 Å². The summed E-state index contributed by atoms with van der Waals surface area (Å²) >= 11 is 0. The number of nitrogens with zero attached hydrogens (tertiary/aromatic N) is 2. The van der Waals surface area contributed by atoms with Crippen molar-refractivity contribution in [3.63, 3.8) is 0 Å². The van der Waals surface area contributed by atoms with Gasteiger partial charge in [-0.2, -0.15) is 0 Å². The third kappa shape index (κ3) is 6.84. The SMILES string of the molecule is Cl.Cl.O=C(c1ccc(S(=O)(=O)NCCN2CCNCC2)cc1)N1CCOCC1. The zero-order valence-corrected chi connectivity index (χ0v) is 18.1. The van der Waals surface area contributed by atoms with Crippen molar-refractivity contribution in [3.8, 4) is 0 Å². The maximum absolute atomic E-state index is 12.4. The molecule has 0 saturated carbocycles. The predicted molar refractivity (Wildman–Crippen MR) is 112 cm³/mol. The van der Waals surface area contributed by atoms with Gasteiger partial charge in [-0.15, -0.1) is 24.8 Å². The van der Waals surface area contributed by atoms with Gasteiger partial charge in [0.2, 0.25) is 10.0 Å². The number of morpholine rings is 1. The monoisotopic (exact) mass is 454 g/mol. The summed E-state index contributed by atoms with van der Waals surface area (Å²) < 4.78 is 32.7. The van der Waals surface area contributed by atoms with Gasteiger partial charge in [0, 0.05) is 57.9 Å². The minimum Gasteiger partial charge on any atom is -0.378 e. The fourth-order valence-electron chi connectivity index (χ4n) is 3.08. The van der Waals surface area contributed by atoms with Crippen LogP contribution in [0.25, 0.3) is 0 Å². The van der Waals surface area contributed by atoms with Crippen LogP contribution in [0, 0.1) is 0 Å². The lowest BCUT2D eigenvalue weighted by Gasteiger charge is -2.27. The van der Waals surface area contributed by atoms with E-state index in [1.54, 1.807) is 17.0 Å². The molecule has 8 nitrogen and oxygen atoms in total. The maximum atomic E-state index is 12.4. The van der Waals surface area contributed by atoms with Crippen LogP contribution in [0.2, 0.25) is 0 Å². The number of piperazine rings is 1. The molecule has 11 heteroatoms. The molecule has 28 heavy (non-hydrogen) atoms. The highest BCUT2D eigenvalue weighted by Crippen LogP contribution is 2.13. The second kappa shape index (κ2) is 11.9. The number of ether oxygens (including phenoxy) is 1. The average molecular weight is 455 g/mol. The van der Waals surface area contributed by atoms with Crippen molar-refractivity contribution in [2.75, 3.05) is 65.6 Å². The largest absolute Gasteiger partial charge is 0.378 e. The molecule has 160 valence electrons.